The number of fused-ring (bicyclic) bond motifs is 1. The molecule has 2 aromatic carbocycles. The molecule has 0 aliphatic rings. The van der Waals surface area contributed by atoms with Gasteiger partial charge in [-0.2, -0.15) is 0 Å². The molecule has 0 atom stereocenters. The highest BCUT2D eigenvalue weighted by molar-refractivity contribution is 5.77. The van der Waals surface area contributed by atoms with Gasteiger partial charge < -0.3 is 0 Å². The molecule has 88 valence electrons. The third kappa shape index (κ3) is 1.68. The fourth-order valence-corrected chi connectivity index (χ4v) is 1.87. The standard InChI is InChI=1S/C14H9FN2O/c15-10-6-7-12-13(8-10)16-9-17(14(12)18)11-4-2-1-3-5-11/h1-9H. The molecule has 0 saturated carbocycles. The first-order valence-electron chi connectivity index (χ1n) is 5.48. The van der Waals surface area contributed by atoms with Gasteiger partial charge in [-0.1, -0.05) is 18.2 Å². The van der Waals surface area contributed by atoms with Crippen molar-refractivity contribution in [2.75, 3.05) is 0 Å². The first kappa shape index (κ1) is 10.7. The molecule has 0 aliphatic heterocycles. The summed E-state index contributed by atoms with van der Waals surface area (Å²) in [5, 5.41) is 0.405. The molecule has 0 aliphatic carbocycles. The Hall–Kier alpha value is -2.49. The molecule has 0 spiro atoms. The highest BCUT2D eigenvalue weighted by Crippen LogP contribution is 2.10. The fourth-order valence-electron chi connectivity index (χ4n) is 1.87. The van der Waals surface area contributed by atoms with E-state index in [0.29, 0.717) is 10.9 Å². The summed E-state index contributed by atoms with van der Waals surface area (Å²) < 4.78 is 14.5. The largest absolute Gasteiger partial charge is 0.268 e. The van der Waals surface area contributed by atoms with Gasteiger partial charge in [0.15, 0.2) is 0 Å². The molecular weight excluding hydrogens is 231 g/mol. The van der Waals surface area contributed by atoms with Gasteiger partial charge in [0.1, 0.15) is 12.1 Å². The van der Waals surface area contributed by atoms with Crippen LogP contribution in [0.5, 0.6) is 0 Å². The molecule has 18 heavy (non-hydrogen) atoms. The van der Waals surface area contributed by atoms with Crippen LogP contribution in [0.1, 0.15) is 0 Å². The van der Waals surface area contributed by atoms with Crippen molar-refractivity contribution in [2.24, 2.45) is 0 Å². The van der Waals surface area contributed by atoms with Crippen LogP contribution in [0.4, 0.5) is 4.39 Å². The van der Waals surface area contributed by atoms with Crippen LogP contribution in [0.25, 0.3) is 16.6 Å². The smallest absolute Gasteiger partial charge is 0.265 e. The second-order valence-corrected chi connectivity index (χ2v) is 3.92. The first-order valence-corrected chi connectivity index (χ1v) is 5.48. The lowest BCUT2D eigenvalue weighted by molar-refractivity contribution is 0.629. The number of hydrogen-bond acceptors (Lipinski definition) is 2. The maximum Gasteiger partial charge on any atom is 0.265 e. The highest BCUT2D eigenvalue weighted by Gasteiger charge is 2.05. The number of rotatable bonds is 1. The van der Waals surface area contributed by atoms with Crippen LogP contribution in [-0.4, -0.2) is 9.55 Å². The van der Waals surface area contributed by atoms with Crippen LogP contribution in [0.2, 0.25) is 0 Å². The lowest BCUT2D eigenvalue weighted by Crippen LogP contribution is -2.18. The molecule has 0 N–H and O–H groups in total. The minimum absolute atomic E-state index is 0.203. The summed E-state index contributed by atoms with van der Waals surface area (Å²) in [6.07, 6.45) is 1.42. The van der Waals surface area contributed by atoms with Crippen LogP contribution in [0.3, 0.4) is 0 Å². The van der Waals surface area contributed by atoms with E-state index in [1.165, 1.54) is 29.1 Å². The average Bonchev–Trinajstić information content (AvgIpc) is 2.40. The molecular formula is C14H9FN2O. The van der Waals surface area contributed by atoms with E-state index < -0.39 is 5.82 Å². The predicted molar refractivity (Wildman–Crippen MR) is 67.3 cm³/mol. The zero-order chi connectivity index (χ0) is 12.5. The van der Waals surface area contributed by atoms with Gasteiger partial charge >= 0.3 is 0 Å². The number of benzene rings is 2. The third-order valence-electron chi connectivity index (χ3n) is 2.76. The minimum Gasteiger partial charge on any atom is -0.268 e. The van der Waals surface area contributed by atoms with Crippen LogP contribution >= 0.6 is 0 Å². The molecule has 0 amide bonds. The van der Waals surface area contributed by atoms with E-state index in [4.69, 9.17) is 0 Å². The maximum atomic E-state index is 13.0. The second kappa shape index (κ2) is 4.07. The number of nitrogens with zero attached hydrogens (tertiary/aromatic N) is 2. The summed E-state index contributed by atoms with van der Waals surface area (Å²) in [5.41, 5.74) is 0.902. The summed E-state index contributed by atoms with van der Waals surface area (Å²) in [5.74, 6) is -0.396. The van der Waals surface area contributed by atoms with Crippen molar-refractivity contribution in [1.82, 2.24) is 9.55 Å². The molecule has 1 heterocycles. The van der Waals surface area contributed by atoms with Gasteiger partial charge in [-0.05, 0) is 24.3 Å². The van der Waals surface area contributed by atoms with E-state index in [9.17, 15) is 9.18 Å². The van der Waals surface area contributed by atoms with Crippen molar-refractivity contribution in [1.29, 1.82) is 0 Å². The van der Waals surface area contributed by atoms with Crippen LogP contribution in [0.15, 0.2) is 59.7 Å². The number of hydrogen-bond donors (Lipinski definition) is 0. The van der Waals surface area contributed by atoms with Crippen LogP contribution in [-0.2, 0) is 0 Å². The quantitative estimate of drug-likeness (QED) is 0.655. The maximum absolute atomic E-state index is 13.0. The number of halogens is 1. The van der Waals surface area contributed by atoms with Gasteiger partial charge in [-0.3, -0.25) is 9.36 Å². The van der Waals surface area contributed by atoms with Crippen molar-refractivity contribution in [3.63, 3.8) is 0 Å². The Bertz CT molecular complexity index is 766. The fraction of sp³-hybridized carbons (Fsp3) is 0. The zero-order valence-electron chi connectivity index (χ0n) is 9.38. The average molecular weight is 240 g/mol. The Labute approximate surface area is 102 Å². The van der Waals surface area contributed by atoms with E-state index in [1.54, 1.807) is 0 Å². The van der Waals surface area contributed by atoms with Crippen molar-refractivity contribution in [3.05, 3.63) is 71.0 Å². The Kier molecular flexibility index (Phi) is 2.41. The van der Waals surface area contributed by atoms with E-state index in [2.05, 4.69) is 4.98 Å². The van der Waals surface area contributed by atoms with Crippen molar-refractivity contribution in [3.8, 4) is 5.69 Å². The molecule has 1 aromatic heterocycles. The normalized spacial score (nSPS) is 10.7. The highest BCUT2D eigenvalue weighted by atomic mass is 19.1. The number of aromatic nitrogens is 2. The van der Waals surface area contributed by atoms with Crippen LogP contribution < -0.4 is 5.56 Å². The molecule has 3 rings (SSSR count). The van der Waals surface area contributed by atoms with Crippen molar-refractivity contribution in [2.45, 2.75) is 0 Å². The molecule has 0 bridgehead atoms. The van der Waals surface area contributed by atoms with Gasteiger partial charge in [-0.25, -0.2) is 9.37 Å². The summed E-state index contributed by atoms with van der Waals surface area (Å²) in [6.45, 7) is 0. The molecule has 3 aromatic rings. The van der Waals surface area contributed by atoms with E-state index in [0.717, 1.165) is 5.69 Å². The Morgan fingerprint density at radius 2 is 1.83 bits per heavy atom. The predicted octanol–water partition coefficient (Wildman–Crippen LogP) is 2.52. The van der Waals surface area contributed by atoms with Gasteiger partial charge in [0.05, 0.1) is 16.6 Å². The Morgan fingerprint density at radius 3 is 2.61 bits per heavy atom. The Balaban J connectivity index is 2.31. The molecule has 0 unspecified atom stereocenters. The van der Waals surface area contributed by atoms with E-state index >= 15 is 0 Å². The SMILES string of the molecule is O=c1c2ccc(F)cc2ncn1-c1ccccc1. The summed E-state index contributed by atoms with van der Waals surface area (Å²) in [7, 11) is 0. The summed E-state index contributed by atoms with van der Waals surface area (Å²) in [6, 6.07) is 13.2. The van der Waals surface area contributed by atoms with Crippen molar-refractivity contribution < 1.29 is 4.39 Å². The molecule has 0 saturated heterocycles. The molecule has 4 heteroatoms. The second-order valence-electron chi connectivity index (χ2n) is 3.92. The summed E-state index contributed by atoms with van der Waals surface area (Å²) >= 11 is 0. The van der Waals surface area contributed by atoms with Gasteiger partial charge in [0.25, 0.3) is 5.56 Å². The van der Waals surface area contributed by atoms with Crippen LogP contribution in [0, 0.1) is 5.82 Å². The van der Waals surface area contributed by atoms with Gasteiger partial charge in [-0.15, -0.1) is 0 Å². The molecule has 0 fully saturated rings. The first-order chi connectivity index (χ1) is 8.75. The van der Waals surface area contributed by atoms with Crippen molar-refractivity contribution >= 4 is 10.9 Å². The third-order valence-corrected chi connectivity index (χ3v) is 2.76. The lowest BCUT2D eigenvalue weighted by atomic mass is 10.2. The number of para-hydroxylation sites is 1. The lowest BCUT2D eigenvalue weighted by Gasteiger charge is -2.06. The topological polar surface area (TPSA) is 34.9 Å². The van der Waals surface area contributed by atoms with E-state index in [1.807, 2.05) is 30.3 Å². The summed E-state index contributed by atoms with van der Waals surface area (Å²) in [4.78, 5) is 16.3. The van der Waals surface area contributed by atoms with E-state index in [-0.39, 0.29) is 5.56 Å². The monoisotopic (exact) mass is 240 g/mol. The van der Waals surface area contributed by atoms with Gasteiger partial charge in [0, 0.05) is 6.07 Å². The molecule has 3 nitrogen and oxygen atoms in total. The van der Waals surface area contributed by atoms with Gasteiger partial charge in [0.2, 0.25) is 0 Å². The zero-order valence-corrected chi connectivity index (χ0v) is 9.38. The Morgan fingerprint density at radius 1 is 1.06 bits per heavy atom. The minimum atomic E-state index is -0.396. The molecule has 0 radical (unpaired) electrons.